The van der Waals surface area contributed by atoms with E-state index in [0.717, 1.165) is 11.8 Å². The van der Waals surface area contributed by atoms with Crippen LogP contribution in [0.5, 0.6) is 0 Å². The molecule has 0 aliphatic rings. The lowest BCUT2D eigenvalue weighted by Crippen LogP contribution is -2.42. The Bertz CT molecular complexity index is 590. The fourth-order valence-electron chi connectivity index (χ4n) is 1.78. The Morgan fingerprint density at radius 1 is 1.38 bits per heavy atom. The van der Waals surface area contributed by atoms with Crippen LogP contribution in [0.15, 0.2) is 29.3 Å². The van der Waals surface area contributed by atoms with E-state index in [9.17, 15) is 12.8 Å². The number of rotatable bonds is 6. The summed E-state index contributed by atoms with van der Waals surface area (Å²) >= 11 is 0. The third-order valence-electron chi connectivity index (χ3n) is 2.65. The molecule has 1 aromatic carbocycles. The molecule has 0 bridgehead atoms. The molecule has 2 N–H and O–H groups in total. The summed E-state index contributed by atoms with van der Waals surface area (Å²) in [7, 11) is 0.269. The van der Waals surface area contributed by atoms with Gasteiger partial charge in [-0.05, 0) is 17.7 Å². The van der Waals surface area contributed by atoms with Gasteiger partial charge in [0.25, 0.3) is 0 Å². The average molecular weight is 316 g/mol. The summed E-state index contributed by atoms with van der Waals surface area (Å²) in [6, 6.07) is 6.35. The molecule has 0 unspecified atom stereocenters. The summed E-state index contributed by atoms with van der Waals surface area (Å²) in [6.45, 7) is 1.18. The van der Waals surface area contributed by atoms with Crippen LogP contribution in [0.4, 0.5) is 4.39 Å². The second-order valence-corrected chi connectivity index (χ2v) is 6.46. The van der Waals surface area contributed by atoms with Gasteiger partial charge < -0.3 is 10.2 Å². The Morgan fingerprint density at radius 3 is 2.67 bits per heavy atom. The SMILES string of the molecule is CN=C(NCCNS(C)(=O)=O)N(C)Cc1cccc(F)c1. The van der Waals surface area contributed by atoms with Gasteiger partial charge in [0.1, 0.15) is 5.82 Å². The standard InChI is InChI=1S/C13H21FN4O2S/c1-15-13(16-7-8-17-21(3,19)20)18(2)10-11-5-4-6-12(14)9-11/h4-6,9,17H,7-8,10H2,1-3H3,(H,15,16). The molecular formula is C13H21FN4O2S. The molecule has 0 saturated heterocycles. The molecule has 1 rings (SSSR count). The smallest absolute Gasteiger partial charge is 0.208 e. The molecule has 0 aromatic heterocycles. The number of hydrogen-bond donors (Lipinski definition) is 2. The van der Waals surface area contributed by atoms with Gasteiger partial charge in [-0.25, -0.2) is 17.5 Å². The van der Waals surface area contributed by atoms with E-state index in [1.165, 1.54) is 12.1 Å². The van der Waals surface area contributed by atoms with Crippen LogP contribution in [0.25, 0.3) is 0 Å². The number of benzene rings is 1. The Hall–Kier alpha value is -1.67. The maximum atomic E-state index is 13.1. The zero-order valence-corrected chi connectivity index (χ0v) is 13.2. The van der Waals surface area contributed by atoms with Crippen molar-refractivity contribution in [3.8, 4) is 0 Å². The van der Waals surface area contributed by atoms with Gasteiger partial charge in [0.2, 0.25) is 10.0 Å². The van der Waals surface area contributed by atoms with Crippen molar-refractivity contribution in [2.24, 2.45) is 4.99 Å². The van der Waals surface area contributed by atoms with Gasteiger partial charge in [-0.3, -0.25) is 4.99 Å². The minimum Gasteiger partial charge on any atom is -0.355 e. The topological polar surface area (TPSA) is 73.8 Å². The predicted molar refractivity (Wildman–Crippen MR) is 82.1 cm³/mol. The van der Waals surface area contributed by atoms with Crippen LogP contribution < -0.4 is 10.0 Å². The van der Waals surface area contributed by atoms with E-state index in [4.69, 9.17) is 0 Å². The molecule has 0 radical (unpaired) electrons. The fraction of sp³-hybridized carbons (Fsp3) is 0.462. The zero-order chi connectivity index (χ0) is 15.9. The Morgan fingerprint density at radius 2 is 2.10 bits per heavy atom. The van der Waals surface area contributed by atoms with Crippen molar-refractivity contribution in [1.82, 2.24) is 14.9 Å². The largest absolute Gasteiger partial charge is 0.355 e. The maximum Gasteiger partial charge on any atom is 0.208 e. The second kappa shape index (κ2) is 7.94. The number of sulfonamides is 1. The first-order chi connectivity index (χ1) is 9.81. The first kappa shape index (κ1) is 17.4. The summed E-state index contributed by atoms with van der Waals surface area (Å²) < 4.78 is 37.4. The van der Waals surface area contributed by atoms with E-state index in [2.05, 4.69) is 15.0 Å². The van der Waals surface area contributed by atoms with E-state index in [1.54, 1.807) is 13.1 Å². The number of hydrogen-bond acceptors (Lipinski definition) is 3. The second-order valence-electron chi connectivity index (χ2n) is 4.63. The van der Waals surface area contributed by atoms with E-state index in [-0.39, 0.29) is 12.4 Å². The third kappa shape index (κ3) is 7.05. The number of halogens is 1. The molecular weight excluding hydrogens is 295 g/mol. The summed E-state index contributed by atoms with van der Waals surface area (Å²) in [6.07, 6.45) is 1.11. The third-order valence-corrected chi connectivity index (χ3v) is 3.38. The summed E-state index contributed by atoms with van der Waals surface area (Å²) in [5.74, 6) is 0.329. The van der Waals surface area contributed by atoms with Crippen LogP contribution in [-0.2, 0) is 16.6 Å². The molecule has 6 nitrogen and oxygen atoms in total. The first-order valence-electron chi connectivity index (χ1n) is 6.42. The Balaban J connectivity index is 2.48. The summed E-state index contributed by atoms with van der Waals surface area (Å²) in [4.78, 5) is 5.93. The first-order valence-corrected chi connectivity index (χ1v) is 8.32. The van der Waals surface area contributed by atoms with Crippen LogP contribution in [0.2, 0.25) is 0 Å². The number of nitrogens with one attached hydrogen (secondary N) is 2. The van der Waals surface area contributed by atoms with Crippen LogP contribution in [0.3, 0.4) is 0 Å². The molecule has 0 atom stereocenters. The van der Waals surface area contributed by atoms with Gasteiger partial charge in [-0.15, -0.1) is 0 Å². The molecule has 1 aromatic rings. The molecule has 118 valence electrons. The molecule has 0 spiro atoms. The van der Waals surface area contributed by atoms with Crippen molar-refractivity contribution in [2.75, 3.05) is 33.4 Å². The molecule has 0 aliphatic heterocycles. The summed E-state index contributed by atoms with van der Waals surface area (Å²) in [5, 5.41) is 3.03. The van der Waals surface area contributed by atoms with Gasteiger partial charge in [0.15, 0.2) is 5.96 Å². The Labute approximate surface area is 125 Å². The molecule has 0 amide bonds. The molecule has 0 fully saturated rings. The lowest BCUT2D eigenvalue weighted by Gasteiger charge is -2.22. The van der Waals surface area contributed by atoms with Gasteiger partial charge >= 0.3 is 0 Å². The molecule has 21 heavy (non-hydrogen) atoms. The number of aliphatic imine (C=N–C) groups is 1. The number of guanidine groups is 1. The van der Waals surface area contributed by atoms with Crippen LogP contribution in [0.1, 0.15) is 5.56 Å². The van der Waals surface area contributed by atoms with Gasteiger partial charge in [-0.1, -0.05) is 12.1 Å². The molecule has 0 aliphatic carbocycles. The normalized spacial score (nSPS) is 12.3. The summed E-state index contributed by atoms with van der Waals surface area (Å²) in [5.41, 5.74) is 0.828. The monoisotopic (exact) mass is 316 g/mol. The van der Waals surface area contributed by atoms with E-state index in [1.807, 2.05) is 18.0 Å². The Kier molecular flexibility index (Phi) is 6.57. The fourth-order valence-corrected chi connectivity index (χ4v) is 2.25. The highest BCUT2D eigenvalue weighted by Gasteiger charge is 2.07. The van der Waals surface area contributed by atoms with Crippen molar-refractivity contribution in [2.45, 2.75) is 6.54 Å². The highest BCUT2D eigenvalue weighted by molar-refractivity contribution is 7.88. The van der Waals surface area contributed by atoms with E-state index >= 15 is 0 Å². The van der Waals surface area contributed by atoms with E-state index in [0.29, 0.717) is 19.0 Å². The van der Waals surface area contributed by atoms with Gasteiger partial charge in [0, 0.05) is 33.7 Å². The zero-order valence-electron chi connectivity index (χ0n) is 12.4. The lowest BCUT2D eigenvalue weighted by atomic mass is 10.2. The van der Waals surface area contributed by atoms with Crippen LogP contribution >= 0.6 is 0 Å². The average Bonchev–Trinajstić information content (AvgIpc) is 2.37. The quantitative estimate of drug-likeness (QED) is 0.452. The highest BCUT2D eigenvalue weighted by atomic mass is 32.2. The van der Waals surface area contributed by atoms with Gasteiger partial charge in [0.05, 0.1) is 6.26 Å². The van der Waals surface area contributed by atoms with Crippen molar-refractivity contribution in [1.29, 1.82) is 0 Å². The van der Waals surface area contributed by atoms with E-state index < -0.39 is 10.0 Å². The lowest BCUT2D eigenvalue weighted by molar-refractivity contribution is 0.475. The maximum absolute atomic E-state index is 13.1. The van der Waals surface area contributed by atoms with Gasteiger partial charge in [-0.2, -0.15) is 0 Å². The van der Waals surface area contributed by atoms with Crippen molar-refractivity contribution < 1.29 is 12.8 Å². The molecule has 0 saturated carbocycles. The molecule has 0 heterocycles. The van der Waals surface area contributed by atoms with Crippen molar-refractivity contribution >= 4 is 16.0 Å². The minimum atomic E-state index is -3.19. The van der Waals surface area contributed by atoms with Crippen LogP contribution in [0, 0.1) is 5.82 Å². The van der Waals surface area contributed by atoms with Crippen LogP contribution in [-0.4, -0.2) is 52.7 Å². The van der Waals surface area contributed by atoms with Crippen molar-refractivity contribution in [3.63, 3.8) is 0 Å². The number of nitrogens with zero attached hydrogens (tertiary/aromatic N) is 2. The highest BCUT2D eigenvalue weighted by Crippen LogP contribution is 2.06. The predicted octanol–water partition coefficient (Wildman–Crippen LogP) is 0.382. The van der Waals surface area contributed by atoms with Crippen molar-refractivity contribution in [3.05, 3.63) is 35.6 Å². The minimum absolute atomic E-state index is 0.270. The molecule has 8 heteroatoms.